The summed E-state index contributed by atoms with van der Waals surface area (Å²) < 4.78 is 1.78. The number of hydrogen-bond acceptors (Lipinski definition) is 2. The van der Waals surface area contributed by atoms with Gasteiger partial charge in [-0.15, -0.1) is 0 Å². The SMILES string of the molecule is O=C(NC1CCCCC1)c1cn2cc(Cl)ccc2n1. The second-order valence-electron chi connectivity index (χ2n) is 5.05. The van der Waals surface area contributed by atoms with Gasteiger partial charge in [-0.3, -0.25) is 4.79 Å². The van der Waals surface area contributed by atoms with E-state index in [4.69, 9.17) is 11.6 Å². The molecular weight excluding hydrogens is 262 g/mol. The van der Waals surface area contributed by atoms with Gasteiger partial charge >= 0.3 is 0 Å². The van der Waals surface area contributed by atoms with Crippen molar-refractivity contribution < 1.29 is 4.79 Å². The van der Waals surface area contributed by atoms with Crippen LogP contribution >= 0.6 is 11.6 Å². The van der Waals surface area contributed by atoms with Crippen LogP contribution in [-0.2, 0) is 0 Å². The Labute approximate surface area is 116 Å². The van der Waals surface area contributed by atoms with Crippen molar-refractivity contribution in [2.45, 2.75) is 38.1 Å². The molecule has 0 bridgehead atoms. The Morgan fingerprint density at radius 2 is 2.05 bits per heavy atom. The summed E-state index contributed by atoms with van der Waals surface area (Å²) in [5.74, 6) is -0.0910. The summed E-state index contributed by atoms with van der Waals surface area (Å²) in [6, 6.07) is 3.88. The molecule has 2 aromatic heterocycles. The molecule has 1 N–H and O–H groups in total. The Morgan fingerprint density at radius 1 is 1.26 bits per heavy atom. The van der Waals surface area contributed by atoms with Crippen molar-refractivity contribution in [1.29, 1.82) is 0 Å². The van der Waals surface area contributed by atoms with Crippen LogP contribution in [-0.4, -0.2) is 21.3 Å². The third-order valence-corrected chi connectivity index (χ3v) is 3.81. The number of nitrogens with one attached hydrogen (secondary N) is 1. The summed E-state index contributed by atoms with van der Waals surface area (Å²) in [7, 11) is 0. The predicted octanol–water partition coefficient (Wildman–Crippen LogP) is 3.05. The largest absolute Gasteiger partial charge is 0.348 e. The van der Waals surface area contributed by atoms with Crippen LogP contribution in [0.4, 0.5) is 0 Å². The number of rotatable bonds is 2. The average Bonchev–Trinajstić information content (AvgIpc) is 2.83. The van der Waals surface area contributed by atoms with Crippen molar-refractivity contribution in [2.24, 2.45) is 0 Å². The second-order valence-corrected chi connectivity index (χ2v) is 5.48. The van der Waals surface area contributed by atoms with Crippen LogP contribution in [0, 0.1) is 0 Å². The zero-order valence-corrected chi connectivity index (χ0v) is 11.4. The molecular formula is C14H16ClN3O. The van der Waals surface area contributed by atoms with E-state index in [1.54, 1.807) is 28.9 Å². The van der Waals surface area contributed by atoms with E-state index in [2.05, 4.69) is 10.3 Å². The van der Waals surface area contributed by atoms with Crippen LogP contribution in [0.15, 0.2) is 24.5 Å². The minimum Gasteiger partial charge on any atom is -0.348 e. The van der Waals surface area contributed by atoms with E-state index in [1.807, 2.05) is 0 Å². The number of aromatic nitrogens is 2. The van der Waals surface area contributed by atoms with E-state index in [0.717, 1.165) is 18.5 Å². The standard InChI is InChI=1S/C14H16ClN3O/c15-10-6-7-13-17-12(9-18(13)8-10)14(19)16-11-4-2-1-3-5-11/h6-9,11H,1-5H2,(H,16,19). The molecule has 1 aliphatic carbocycles. The van der Waals surface area contributed by atoms with Crippen LogP contribution in [0.5, 0.6) is 0 Å². The van der Waals surface area contributed by atoms with Crippen LogP contribution in [0.3, 0.4) is 0 Å². The van der Waals surface area contributed by atoms with Crippen molar-refractivity contribution in [3.05, 3.63) is 35.2 Å². The maximum Gasteiger partial charge on any atom is 0.271 e. The monoisotopic (exact) mass is 277 g/mol. The first kappa shape index (κ1) is 12.5. The minimum absolute atomic E-state index is 0.0910. The van der Waals surface area contributed by atoms with Crippen molar-refractivity contribution in [3.63, 3.8) is 0 Å². The maximum absolute atomic E-state index is 12.1. The number of carbonyl (C=O) groups is 1. The average molecular weight is 278 g/mol. The number of fused-ring (bicyclic) bond motifs is 1. The fourth-order valence-corrected chi connectivity index (χ4v) is 2.75. The molecule has 0 unspecified atom stereocenters. The molecule has 5 heteroatoms. The Kier molecular flexibility index (Phi) is 3.42. The first-order valence-corrected chi connectivity index (χ1v) is 7.05. The predicted molar refractivity (Wildman–Crippen MR) is 74.5 cm³/mol. The number of imidazole rings is 1. The molecule has 0 atom stereocenters. The van der Waals surface area contributed by atoms with Gasteiger partial charge in [0.25, 0.3) is 5.91 Å². The van der Waals surface area contributed by atoms with Crippen molar-refractivity contribution in [1.82, 2.24) is 14.7 Å². The van der Waals surface area contributed by atoms with Gasteiger partial charge < -0.3 is 9.72 Å². The summed E-state index contributed by atoms with van der Waals surface area (Å²) in [6.45, 7) is 0. The number of nitrogens with zero attached hydrogens (tertiary/aromatic N) is 2. The molecule has 4 nitrogen and oxygen atoms in total. The molecule has 2 aromatic rings. The summed E-state index contributed by atoms with van der Waals surface area (Å²) in [5.41, 5.74) is 1.19. The van der Waals surface area contributed by atoms with Crippen molar-refractivity contribution in [3.8, 4) is 0 Å². The van der Waals surface area contributed by atoms with Crippen molar-refractivity contribution >= 4 is 23.2 Å². The van der Waals surface area contributed by atoms with Crippen molar-refractivity contribution in [2.75, 3.05) is 0 Å². The molecule has 0 aliphatic heterocycles. The van der Waals surface area contributed by atoms with Gasteiger partial charge in [-0.1, -0.05) is 30.9 Å². The maximum atomic E-state index is 12.1. The van der Waals surface area contributed by atoms with Gasteiger partial charge in [-0.25, -0.2) is 4.98 Å². The molecule has 0 aromatic carbocycles. The fraction of sp³-hybridized carbons (Fsp3) is 0.429. The van der Waals surface area contributed by atoms with Crippen LogP contribution < -0.4 is 5.32 Å². The van der Waals surface area contributed by atoms with Crippen LogP contribution in [0.1, 0.15) is 42.6 Å². The quantitative estimate of drug-likeness (QED) is 0.917. The minimum atomic E-state index is -0.0910. The molecule has 2 heterocycles. The fourth-order valence-electron chi connectivity index (χ4n) is 2.58. The molecule has 19 heavy (non-hydrogen) atoms. The summed E-state index contributed by atoms with van der Waals surface area (Å²) in [6.07, 6.45) is 9.30. The lowest BCUT2D eigenvalue weighted by molar-refractivity contribution is 0.0923. The van der Waals surface area contributed by atoms with E-state index < -0.39 is 0 Å². The first-order chi connectivity index (χ1) is 9.22. The van der Waals surface area contributed by atoms with E-state index in [0.29, 0.717) is 16.8 Å². The Bertz CT molecular complexity index is 602. The molecule has 1 fully saturated rings. The molecule has 1 aliphatic rings. The lowest BCUT2D eigenvalue weighted by Crippen LogP contribution is -2.36. The topological polar surface area (TPSA) is 46.4 Å². The van der Waals surface area contributed by atoms with Gasteiger partial charge in [-0.05, 0) is 25.0 Å². The summed E-state index contributed by atoms with van der Waals surface area (Å²) in [5, 5.41) is 3.69. The zero-order valence-electron chi connectivity index (χ0n) is 10.6. The normalized spacial score (nSPS) is 16.7. The van der Waals surface area contributed by atoms with E-state index in [1.165, 1.54) is 19.3 Å². The lowest BCUT2D eigenvalue weighted by Gasteiger charge is -2.22. The molecule has 0 saturated heterocycles. The highest BCUT2D eigenvalue weighted by molar-refractivity contribution is 6.30. The smallest absolute Gasteiger partial charge is 0.271 e. The Hall–Kier alpha value is -1.55. The number of hydrogen-bond donors (Lipinski definition) is 1. The molecule has 0 radical (unpaired) electrons. The van der Waals surface area contributed by atoms with Gasteiger partial charge in [0.1, 0.15) is 11.3 Å². The van der Waals surface area contributed by atoms with E-state index in [-0.39, 0.29) is 5.91 Å². The number of halogens is 1. The number of amides is 1. The third kappa shape index (κ3) is 2.73. The Morgan fingerprint density at radius 3 is 2.84 bits per heavy atom. The van der Waals surface area contributed by atoms with Crippen LogP contribution in [0.25, 0.3) is 5.65 Å². The van der Waals surface area contributed by atoms with Crippen LogP contribution in [0.2, 0.25) is 5.02 Å². The highest BCUT2D eigenvalue weighted by Crippen LogP contribution is 2.18. The van der Waals surface area contributed by atoms with Gasteiger partial charge in [-0.2, -0.15) is 0 Å². The molecule has 1 amide bonds. The lowest BCUT2D eigenvalue weighted by atomic mass is 9.95. The number of carbonyl (C=O) groups excluding carboxylic acids is 1. The molecule has 0 spiro atoms. The first-order valence-electron chi connectivity index (χ1n) is 6.67. The summed E-state index contributed by atoms with van der Waals surface area (Å²) in [4.78, 5) is 16.5. The van der Waals surface area contributed by atoms with E-state index >= 15 is 0 Å². The van der Waals surface area contributed by atoms with Gasteiger partial charge in [0.05, 0.1) is 5.02 Å². The van der Waals surface area contributed by atoms with Gasteiger partial charge in [0.15, 0.2) is 0 Å². The van der Waals surface area contributed by atoms with Gasteiger partial charge in [0.2, 0.25) is 0 Å². The van der Waals surface area contributed by atoms with E-state index in [9.17, 15) is 4.79 Å². The highest BCUT2D eigenvalue weighted by atomic mass is 35.5. The zero-order chi connectivity index (χ0) is 13.2. The third-order valence-electron chi connectivity index (χ3n) is 3.59. The summed E-state index contributed by atoms with van der Waals surface area (Å²) >= 11 is 5.91. The molecule has 3 rings (SSSR count). The highest BCUT2D eigenvalue weighted by Gasteiger charge is 2.18. The molecule has 1 saturated carbocycles. The Balaban J connectivity index is 1.77. The second kappa shape index (κ2) is 5.21. The van der Waals surface area contributed by atoms with Gasteiger partial charge in [0, 0.05) is 18.4 Å². The number of pyridine rings is 1. The molecule has 100 valence electrons.